The number of anilines is 2. The molecule has 0 bridgehead atoms. The molecule has 1 aromatic rings. The number of likely N-dealkylation sites (tertiary alicyclic amines) is 1. The van der Waals surface area contributed by atoms with Crippen LogP contribution < -0.4 is 10.2 Å². The predicted octanol–water partition coefficient (Wildman–Crippen LogP) is 2.79. The number of hydrogen-bond donors (Lipinski definition) is 1. The fourth-order valence-electron chi connectivity index (χ4n) is 3.68. The molecule has 140 valence electrons. The number of piperidine rings is 1. The van der Waals surface area contributed by atoms with E-state index in [1.807, 2.05) is 36.1 Å². The average Bonchev–Trinajstić information content (AvgIpc) is 3.08. The minimum absolute atomic E-state index is 0.00233. The van der Waals surface area contributed by atoms with Crippen molar-refractivity contribution < 1.29 is 14.4 Å². The zero-order chi connectivity index (χ0) is 18.5. The maximum atomic E-state index is 12.6. The Morgan fingerprint density at radius 1 is 1.19 bits per heavy atom. The molecule has 6 nitrogen and oxygen atoms in total. The van der Waals surface area contributed by atoms with Crippen molar-refractivity contribution in [2.24, 2.45) is 5.92 Å². The summed E-state index contributed by atoms with van der Waals surface area (Å²) in [5.74, 6) is 0.252. The van der Waals surface area contributed by atoms with E-state index in [4.69, 9.17) is 0 Å². The fraction of sp³-hybridized carbons (Fsp3) is 0.550. The van der Waals surface area contributed by atoms with Gasteiger partial charge in [0.15, 0.2) is 0 Å². The van der Waals surface area contributed by atoms with E-state index in [0.717, 1.165) is 30.8 Å². The molecule has 0 spiro atoms. The summed E-state index contributed by atoms with van der Waals surface area (Å²) in [4.78, 5) is 40.1. The molecule has 3 rings (SSSR count). The highest BCUT2D eigenvalue weighted by molar-refractivity contribution is 5.97. The molecule has 26 heavy (non-hydrogen) atoms. The van der Waals surface area contributed by atoms with Crippen molar-refractivity contribution in [3.05, 3.63) is 24.3 Å². The van der Waals surface area contributed by atoms with Gasteiger partial charge in [-0.3, -0.25) is 14.4 Å². The monoisotopic (exact) mass is 357 g/mol. The van der Waals surface area contributed by atoms with Crippen LogP contribution in [0, 0.1) is 5.92 Å². The van der Waals surface area contributed by atoms with Gasteiger partial charge in [0.1, 0.15) is 0 Å². The van der Waals surface area contributed by atoms with E-state index in [1.54, 1.807) is 4.90 Å². The van der Waals surface area contributed by atoms with E-state index in [0.29, 0.717) is 38.8 Å². The van der Waals surface area contributed by atoms with Crippen LogP contribution in [0.5, 0.6) is 0 Å². The summed E-state index contributed by atoms with van der Waals surface area (Å²) < 4.78 is 0. The molecule has 0 unspecified atom stereocenters. The molecule has 2 heterocycles. The van der Waals surface area contributed by atoms with Gasteiger partial charge in [0, 0.05) is 49.8 Å². The first-order valence-electron chi connectivity index (χ1n) is 9.57. The van der Waals surface area contributed by atoms with Crippen LogP contribution in [-0.4, -0.2) is 42.3 Å². The molecule has 3 amide bonds. The van der Waals surface area contributed by atoms with E-state index < -0.39 is 0 Å². The molecule has 0 saturated carbocycles. The lowest BCUT2D eigenvalue weighted by molar-refractivity contribution is -0.134. The van der Waals surface area contributed by atoms with Crippen LogP contribution in [0.15, 0.2) is 24.3 Å². The zero-order valence-electron chi connectivity index (χ0n) is 15.4. The Kier molecular flexibility index (Phi) is 5.91. The van der Waals surface area contributed by atoms with Gasteiger partial charge in [-0.1, -0.05) is 13.0 Å². The number of benzene rings is 1. The molecule has 0 aromatic heterocycles. The fourth-order valence-corrected chi connectivity index (χ4v) is 3.68. The van der Waals surface area contributed by atoms with Gasteiger partial charge in [-0.15, -0.1) is 0 Å². The Morgan fingerprint density at radius 2 is 1.96 bits per heavy atom. The number of nitrogens with one attached hydrogen (secondary N) is 1. The second-order valence-electron chi connectivity index (χ2n) is 7.09. The Balaban J connectivity index is 1.56. The predicted molar refractivity (Wildman–Crippen MR) is 101 cm³/mol. The highest BCUT2D eigenvalue weighted by Crippen LogP contribution is 2.25. The van der Waals surface area contributed by atoms with Crippen LogP contribution in [0.25, 0.3) is 0 Å². The highest BCUT2D eigenvalue weighted by Gasteiger charge is 2.27. The zero-order valence-corrected chi connectivity index (χ0v) is 15.4. The third-order valence-electron chi connectivity index (χ3n) is 5.18. The largest absolute Gasteiger partial charge is 0.343 e. The third kappa shape index (κ3) is 4.23. The molecule has 2 aliphatic rings. The Bertz CT molecular complexity index is 681. The highest BCUT2D eigenvalue weighted by atomic mass is 16.2. The minimum atomic E-state index is -0.0715. The summed E-state index contributed by atoms with van der Waals surface area (Å²) in [7, 11) is 0. The van der Waals surface area contributed by atoms with Crippen LogP contribution in [0.2, 0.25) is 0 Å². The van der Waals surface area contributed by atoms with Gasteiger partial charge in [0.25, 0.3) is 0 Å². The van der Waals surface area contributed by atoms with Crippen LogP contribution in [0.3, 0.4) is 0 Å². The maximum Gasteiger partial charge on any atom is 0.227 e. The summed E-state index contributed by atoms with van der Waals surface area (Å²) in [6.45, 7) is 4.04. The van der Waals surface area contributed by atoms with Crippen LogP contribution in [0.1, 0.15) is 45.4 Å². The Labute approximate surface area is 154 Å². The lowest BCUT2D eigenvalue weighted by Gasteiger charge is -2.31. The molecule has 2 aliphatic heterocycles. The molecule has 0 radical (unpaired) electrons. The lowest BCUT2D eigenvalue weighted by Crippen LogP contribution is -2.41. The molecule has 2 fully saturated rings. The summed E-state index contributed by atoms with van der Waals surface area (Å²) >= 11 is 0. The number of hydrogen-bond acceptors (Lipinski definition) is 3. The van der Waals surface area contributed by atoms with Crippen molar-refractivity contribution in [3.63, 3.8) is 0 Å². The number of rotatable bonds is 5. The summed E-state index contributed by atoms with van der Waals surface area (Å²) in [6, 6.07) is 7.47. The van der Waals surface area contributed by atoms with Gasteiger partial charge in [0.2, 0.25) is 17.7 Å². The van der Waals surface area contributed by atoms with Gasteiger partial charge in [0.05, 0.1) is 0 Å². The molecule has 0 atom stereocenters. The summed E-state index contributed by atoms with van der Waals surface area (Å²) in [5.41, 5.74) is 1.56. The van der Waals surface area contributed by atoms with Crippen molar-refractivity contribution in [2.45, 2.75) is 45.4 Å². The SMILES string of the molecule is CCCC(=O)N1CCC(C(=O)Nc2cccc(N3CCCC3=O)c2)CC1. The summed E-state index contributed by atoms with van der Waals surface area (Å²) in [6.07, 6.45) is 4.31. The molecular formula is C20H27N3O3. The number of amides is 3. The standard InChI is InChI=1S/C20H27N3O3/c1-2-5-18(24)22-12-9-15(10-13-22)20(26)21-16-6-3-7-17(14-16)23-11-4-8-19(23)25/h3,6-7,14-15H,2,4-5,8-13H2,1H3,(H,21,26). The van der Waals surface area contributed by atoms with Crippen molar-refractivity contribution in [1.82, 2.24) is 4.90 Å². The van der Waals surface area contributed by atoms with Gasteiger partial charge < -0.3 is 15.1 Å². The van der Waals surface area contributed by atoms with Gasteiger partial charge in [-0.05, 0) is 43.9 Å². The molecule has 6 heteroatoms. The minimum Gasteiger partial charge on any atom is -0.343 e. The number of nitrogens with zero attached hydrogens (tertiary/aromatic N) is 2. The molecule has 0 aliphatic carbocycles. The maximum absolute atomic E-state index is 12.6. The molecular weight excluding hydrogens is 330 g/mol. The normalized spacial score (nSPS) is 18.3. The molecule has 1 aromatic carbocycles. The van der Waals surface area contributed by atoms with Crippen LogP contribution >= 0.6 is 0 Å². The van der Waals surface area contributed by atoms with Crippen LogP contribution in [-0.2, 0) is 14.4 Å². The van der Waals surface area contributed by atoms with Gasteiger partial charge in [-0.2, -0.15) is 0 Å². The lowest BCUT2D eigenvalue weighted by atomic mass is 9.95. The first kappa shape index (κ1) is 18.4. The number of carbonyl (C=O) groups is 3. The van der Waals surface area contributed by atoms with E-state index in [2.05, 4.69) is 5.32 Å². The summed E-state index contributed by atoms with van der Waals surface area (Å²) in [5, 5.41) is 2.98. The first-order chi connectivity index (χ1) is 12.6. The Morgan fingerprint density at radius 3 is 2.62 bits per heavy atom. The topological polar surface area (TPSA) is 69.7 Å². The van der Waals surface area contributed by atoms with Gasteiger partial charge in [-0.25, -0.2) is 0 Å². The molecule has 2 saturated heterocycles. The second kappa shape index (κ2) is 8.34. The first-order valence-corrected chi connectivity index (χ1v) is 9.57. The van der Waals surface area contributed by atoms with E-state index >= 15 is 0 Å². The van der Waals surface area contributed by atoms with Crippen molar-refractivity contribution >= 4 is 29.1 Å². The quantitative estimate of drug-likeness (QED) is 0.881. The molecule has 1 N–H and O–H groups in total. The smallest absolute Gasteiger partial charge is 0.227 e. The van der Waals surface area contributed by atoms with Crippen LogP contribution in [0.4, 0.5) is 11.4 Å². The number of carbonyl (C=O) groups excluding carboxylic acids is 3. The van der Waals surface area contributed by atoms with E-state index in [1.165, 1.54) is 0 Å². The third-order valence-corrected chi connectivity index (χ3v) is 5.18. The average molecular weight is 357 g/mol. The van der Waals surface area contributed by atoms with Gasteiger partial charge >= 0.3 is 0 Å². The Hall–Kier alpha value is -2.37. The second-order valence-corrected chi connectivity index (χ2v) is 7.09. The van der Waals surface area contributed by atoms with Crippen molar-refractivity contribution in [1.29, 1.82) is 0 Å². The van der Waals surface area contributed by atoms with Crippen molar-refractivity contribution in [3.8, 4) is 0 Å². The van der Waals surface area contributed by atoms with E-state index in [9.17, 15) is 14.4 Å². The van der Waals surface area contributed by atoms with E-state index in [-0.39, 0.29) is 23.6 Å². The van der Waals surface area contributed by atoms with Crippen molar-refractivity contribution in [2.75, 3.05) is 29.9 Å².